The van der Waals surface area contributed by atoms with E-state index in [1.807, 2.05) is 43.3 Å². The first-order chi connectivity index (χ1) is 10.1. The third-order valence-electron chi connectivity index (χ3n) is 3.71. The molecule has 0 saturated heterocycles. The van der Waals surface area contributed by atoms with E-state index in [0.29, 0.717) is 5.56 Å². The fourth-order valence-corrected chi connectivity index (χ4v) is 2.41. The van der Waals surface area contributed by atoms with E-state index < -0.39 is 0 Å². The van der Waals surface area contributed by atoms with Crippen LogP contribution in [0.4, 0.5) is 4.39 Å². The topological polar surface area (TPSA) is 0 Å². The Kier molecular flexibility index (Phi) is 3.57. The summed E-state index contributed by atoms with van der Waals surface area (Å²) in [5.74, 6) is -0.185. The third kappa shape index (κ3) is 2.87. The van der Waals surface area contributed by atoms with E-state index in [4.69, 9.17) is 0 Å². The van der Waals surface area contributed by atoms with Crippen LogP contribution in [-0.4, -0.2) is 0 Å². The molecule has 0 unspecified atom stereocenters. The second kappa shape index (κ2) is 5.53. The van der Waals surface area contributed by atoms with Gasteiger partial charge in [-0.05, 0) is 42.7 Å². The van der Waals surface area contributed by atoms with Crippen LogP contribution in [0.25, 0.3) is 22.3 Å². The van der Waals surface area contributed by atoms with E-state index in [0.717, 1.165) is 16.7 Å². The van der Waals surface area contributed by atoms with Crippen molar-refractivity contribution < 1.29 is 4.39 Å². The van der Waals surface area contributed by atoms with Gasteiger partial charge in [-0.1, -0.05) is 65.7 Å². The van der Waals surface area contributed by atoms with Crippen LogP contribution in [-0.2, 0) is 0 Å². The molecule has 0 radical (unpaired) electrons. The molecule has 3 aromatic carbocycles. The lowest BCUT2D eigenvalue weighted by atomic mass is 9.97. The Morgan fingerprint density at radius 3 is 1.62 bits per heavy atom. The molecule has 0 aromatic heterocycles. The van der Waals surface area contributed by atoms with Gasteiger partial charge in [0.05, 0.1) is 0 Å². The molecule has 3 rings (SSSR count). The zero-order valence-corrected chi connectivity index (χ0v) is 12.2. The molecule has 0 spiro atoms. The molecule has 0 fully saturated rings. The van der Waals surface area contributed by atoms with Crippen LogP contribution in [0.3, 0.4) is 0 Å². The van der Waals surface area contributed by atoms with Crippen molar-refractivity contribution >= 4 is 0 Å². The first kappa shape index (κ1) is 13.6. The Balaban J connectivity index is 2.07. The maximum atomic E-state index is 14.1. The van der Waals surface area contributed by atoms with Crippen LogP contribution >= 0.6 is 0 Å². The zero-order chi connectivity index (χ0) is 14.8. The van der Waals surface area contributed by atoms with Crippen molar-refractivity contribution in [3.05, 3.63) is 83.7 Å². The molecule has 21 heavy (non-hydrogen) atoms. The maximum absolute atomic E-state index is 14.1. The molecular weight excluding hydrogens is 259 g/mol. The van der Waals surface area contributed by atoms with Crippen LogP contribution in [0, 0.1) is 19.7 Å². The van der Waals surface area contributed by atoms with Gasteiger partial charge in [-0.15, -0.1) is 0 Å². The van der Waals surface area contributed by atoms with E-state index in [1.54, 1.807) is 6.07 Å². The SMILES string of the molecule is Cc1ccc(-c2ccc(F)c(-c3ccc(C)cc3)c2)cc1. The summed E-state index contributed by atoms with van der Waals surface area (Å²) >= 11 is 0. The smallest absolute Gasteiger partial charge is 0.131 e. The zero-order valence-electron chi connectivity index (χ0n) is 12.2. The lowest BCUT2D eigenvalue weighted by Crippen LogP contribution is -1.87. The highest BCUT2D eigenvalue weighted by atomic mass is 19.1. The number of halogens is 1. The van der Waals surface area contributed by atoms with Gasteiger partial charge in [-0.3, -0.25) is 0 Å². The average Bonchev–Trinajstić information content (AvgIpc) is 2.50. The predicted octanol–water partition coefficient (Wildman–Crippen LogP) is 5.78. The molecule has 0 aliphatic carbocycles. The minimum atomic E-state index is -0.185. The molecule has 3 aromatic rings. The maximum Gasteiger partial charge on any atom is 0.131 e. The lowest BCUT2D eigenvalue weighted by molar-refractivity contribution is 0.631. The van der Waals surface area contributed by atoms with Crippen LogP contribution in [0.15, 0.2) is 66.7 Å². The molecule has 0 N–H and O–H groups in total. The van der Waals surface area contributed by atoms with E-state index >= 15 is 0 Å². The summed E-state index contributed by atoms with van der Waals surface area (Å²) < 4.78 is 14.1. The Morgan fingerprint density at radius 2 is 1.05 bits per heavy atom. The number of hydrogen-bond acceptors (Lipinski definition) is 0. The lowest BCUT2D eigenvalue weighted by Gasteiger charge is -2.08. The van der Waals surface area contributed by atoms with Crippen molar-refractivity contribution in [1.82, 2.24) is 0 Å². The average molecular weight is 276 g/mol. The molecule has 0 amide bonds. The summed E-state index contributed by atoms with van der Waals surface area (Å²) in [5.41, 5.74) is 6.09. The summed E-state index contributed by atoms with van der Waals surface area (Å²) in [6, 6.07) is 21.5. The molecule has 0 bridgehead atoms. The number of rotatable bonds is 2. The highest BCUT2D eigenvalue weighted by Crippen LogP contribution is 2.29. The van der Waals surface area contributed by atoms with Crippen LogP contribution in [0.5, 0.6) is 0 Å². The second-order valence-electron chi connectivity index (χ2n) is 5.43. The third-order valence-corrected chi connectivity index (χ3v) is 3.71. The van der Waals surface area contributed by atoms with Crippen molar-refractivity contribution in [3.8, 4) is 22.3 Å². The Hall–Kier alpha value is -2.41. The van der Waals surface area contributed by atoms with Gasteiger partial charge in [0.2, 0.25) is 0 Å². The second-order valence-corrected chi connectivity index (χ2v) is 5.43. The number of benzene rings is 3. The van der Waals surface area contributed by atoms with Crippen molar-refractivity contribution in [2.75, 3.05) is 0 Å². The molecular formula is C20H17F. The first-order valence-corrected chi connectivity index (χ1v) is 7.07. The molecule has 0 aliphatic rings. The van der Waals surface area contributed by atoms with E-state index in [-0.39, 0.29) is 5.82 Å². The Morgan fingerprint density at radius 1 is 0.571 bits per heavy atom. The van der Waals surface area contributed by atoms with E-state index in [1.165, 1.54) is 11.1 Å². The fraction of sp³-hybridized carbons (Fsp3) is 0.100. The van der Waals surface area contributed by atoms with Crippen LogP contribution in [0.1, 0.15) is 11.1 Å². The van der Waals surface area contributed by atoms with Gasteiger partial charge >= 0.3 is 0 Å². The van der Waals surface area contributed by atoms with Crippen molar-refractivity contribution in [2.24, 2.45) is 0 Å². The fourth-order valence-electron chi connectivity index (χ4n) is 2.41. The quantitative estimate of drug-likeness (QED) is 0.557. The highest BCUT2D eigenvalue weighted by molar-refractivity contribution is 5.73. The number of hydrogen-bond donors (Lipinski definition) is 0. The van der Waals surface area contributed by atoms with Gasteiger partial charge in [0, 0.05) is 5.56 Å². The molecule has 0 aliphatic heterocycles. The van der Waals surface area contributed by atoms with E-state index in [2.05, 4.69) is 31.2 Å². The first-order valence-electron chi connectivity index (χ1n) is 7.07. The van der Waals surface area contributed by atoms with Gasteiger partial charge in [-0.2, -0.15) is 0 Å². The summed E-state index contributed by atoms with van der Waals surface area (Å²) in [6.45, 7) is 4.09. The summed E-state index contributed by atoms with van der Waals surface area (Å²) in [7, 11) is 0. The summed E-state index contributed by atoms with van der Waals surface area (Å²) in [6.07, 6.45) is 0. The minimum Gasteiger partial charge on any atom is -0.206 e. The predicted molar refractivity (Wildman–Crippen MR) is 86.7 cm³/mol. The van der Waals surface area contributed by atoms with Gasteiger partial charge in [0.15, 0.2) is 0 Å². The number of aryl methyl sites for hydroxylation is 2. The van der Waals surface area contributed by atoms with Crippen molar-refractivity contribution in [3.63, 3.8) is 0 Å². The molecule has 0 atom stereocenters. The molecule has 0 nitrogen and oxygen atoms in total. The van der Waals surface area contributed by atoms with Crippen LogP contribution in [0.2, 0.25) is 0 Å². The molecule has 0 heterocycles. The summed E-state index contributed by atoms with van der Waals surface area (Å²) in [4.78, 5) is 0. The molecule has 1 heteroatoms. The van der Waals surface area contributed by atoms with Gasteiger partial charge < -0.3 is 0 Å². The molecule has 104 valence electrons. The normalized spacial score (nSPS) is 10.6. The Labute approximate surface area is 124 Å². The largest absolute Gasteiger partial charge is 0.206 e. The molecule has 0 saturated carbocycles. The minimum absolute atomic E-state index is 0.185. The standard InChI is InChI=1S/C20H17F/c1-14-3-7-16(8-4-14)18-11-12-20(21)19(13-18)17-9-5-15(2)6-10-17/h3-13H,1-2H3. The van der Waals surface area contributed by atoms with Gasteiger partial charge in [0.1, 0.15) is 5.82 Å². The van der Waals surface area contributed by atoms with E-state index in [9.17, 15) is 4.39 Å². The highest BCUT2D eigenvalue weighted by Gasteiger charge is 2.07. The summed E-state index contributed by atoms with van der Waals surface area (Å²) in [5, 5.41) is 0. The van der Waals surface area contributed by atoms with Gasteiger partial charge in [0.25, 0.3) is 0 Å². The van der Waals surface area contributed by atoms with Crippen molar-refractivity contribution in [1.29, 1.82) is 0 Å². The van der Waals surface area contributed by atoms with Crippen LogP contribution < -0.4 is 0 Å². The van der Waals surface area contributed by atoms with Gasteiger partial charge in [-0.25, -0.2) is 4.39 Å². The van der Waals surface area contributed by atoms with Crippen molar-refractivity contribution in [2.45, 2.75) is 13.8 Å². The Bertz CT molecular complexity index is 753. The monoisotopic (exact) mass is 276 g/mol.